The molecule has 1 aromatic rings. The third kappa shape index (κ3) is 6.22. The Bertz CT molecular complexity index is 541. The van der Waals surface area contributed by atoms with Gasteiger partial charge in [-0.25, -0.2) is 9.59 Å². The van der Waals surface area contributed by atoms with E-state index in [-0.39, 0.29) is 0 Å². The number of benzene rings is 1. The normalized spacial score (nSPS) is 10.8. The van der Waals surface area contributed by atoms with Crippen LogP contribution < -0.4 is 10.6 Å². The number of ether oxygens (including phenoxy) is 2. The molecular weight excluding hydrogens is 308 g/mol. The zero-order chi connectivity index (χ0) is 16.8. The first-order chi connectivity index (χ1) is 10.2. The molecule has 22 heavy (non-hydrogen) atoms. The Labute approximate surface area is 135 Å². The van der Waals surface area contributed by atoms with E-state index in [4.69, 9.17) is 16.3 Å². The van der Waals surface area contributed by atoms with Crippen LogP contribution in [0, 0.1) is 0 Å². The quantitative estimate of drug-likeness (QED) is 0.641. The van der Waals surface area contributed by atoms with E-state index in [0.717, 1.165) is 0 Å². The maximum atomic E-state index is 11.5. The van der Waals surface area contributed by atoms with Crippen molar-refractivity contribution in [3.05, 3.63) is 28.8 Å². The van der Waals surface area contributed by atoms with Crippen LogP contribution in [0.5, 0.6) is 0 Å². The molecule has 0 atom stereocenters. The lowest BCUT2D eigenvalue weighted by Gasteiger charge is -2.19. The van der Waals surface area contributed by atoms with Crippen molar-refractivity contribution < 1.29 is 19.1 Å². The largest absolute Gasteiger partial charge is 0.465 e. The van der Waals surface area contributed by atoms with Crippen molar-refractivity contribution >= 4 is 29.4 Å². The summed E-state index contributed by atoms with van der Waals surface area (Å²) in [6, 6.07) is 4.79. The summed E-state index contributed by atoms with van der Waals surface area (Å²) in [6.45, 7) is 6.17. The Balaban J connectivity index is 2.48. The SMILES string of the molecule is COC(=O)c1ccc(Cl)c(NCCNC(=O)OC(C)(C)C)c1. The number of rotatable bonds is 5. The zero-order valence-electron chi connectivity index (χ0n) is 13.2. The average Bonchev–Trinajstić information content (AvgIpc) is 2.42. The predicted octanol–water partition coefficient (Wildman–Crippen LogP) is 3.06. The van der Waals surface area contributed by atoms with Crippen molar-refractivity contribution in [3.8, 4) is 0 Å². The van der Waals surface area contributed by atoms with Crippen LogP contribution >= 0.6 is 11.6 Å². The number of amides is 1. The fourth-order valence-electron chi connectivity index (χ4n) is 1.58. The minimum atomic E-state index is -0.532. The molecule has 0 spiro atoms. The van der Waals surface area contributed by atoms with Crippen molar-refractivity contribution in [2.45, 2.75) is 26.4 Å². The minimum absolute atomic E-state index is 0.355. The predicted molar refractivity (Wildman–Crippen MR) is 85.5 cm³/mol. The molecule has 0 aliphatic carbocycles. The molecular formula is C15H21ClN2O4. The summed E-state index contributed by atoms with van der Waals surface area (Å²) in [4.78, 5) is 22.9. The number of methoxy groups -OCH3 is 1. The number of nitrogens with one attached hydrogen (secondary N) is 2. The average molecular weight is 329 g/mol. The molecule has 0 unspecified atom stereocenters. The van der Waals surface area contributed by atoms with E-state index in [1.807, 2.05) is 0 Å². The van der Waals surface area contributed by atoms with E-state index in [9.17, 15) is 9.59 Å². The van der Waals surface area contributed by atoms with Crippen LogP contribution in [0.4, 0.5) is 10.5 Å². The lowest BCUT2D eigenvalue weighted by Crippen LogP contribution is -2.35. The molecule has 2 N–H and O–H groups in total. The van der Waals surface area contributed by atoms with Gasteiger partial charge in [0.1, 0.15) is 5.60 Å². The van der Waals surface area contributed by atoms with E-state index in [1.54, 1.807) is 39.0 Å². The molecule has 0 saturated carbocycles. The maximum Gasteiger partial charge on any atom is 0.407 e. The molecule has 0 radical (unpaired) electrons. The fraction of sp³-hybridized carbons (Fsp3) is 0.467. The van der Waals surface area contributed by atoms with Crippen molar-refractivity contribution in [1.82, 2.24) is 5.32 Å². The summed E-state index contributed by atoms with van der Waals surface area (Å²) >= 11 is 6.05. The van der Waals surface area contributed by atoms with Crippen LogP contribution in [-0.2, 0) is 9.47 Å². The van der Waals surface area contributed by atoms with Crippen molar-refractivity contribution in [1.29, 1.82) is 0 Å². The molecule has 1 rings (SSSR count). The number of alkyl carbamates (subject to hydrolysis) is 1. The van der Waals surface area contributed by atoms with Gasteiger partial charge in [-0.15, -0.1) is 0 Å². The summed E-state index contributed by atoms with van der Waals surface area (Å²) in [7, 11) is 1.31. The fourth-order valence-corrected chi connectivity index (χ4v) is 1.77. The summed E-state index contributed by atoms with van der Waals surface area (Å²) in [5.41, 5.74) is 0.459. The Morgan fingerprint density at radius 3 is 2.50 bits per heavy atom. The molecule has 1 amide bonds. The zero-order valence-corrected chi connectivity index (χ0v) is 13.9. The number of carbonyl (C=O) groups is 2. The Hall–Kier alpha value is -1.95. The molecule has 6 nitrogen and oxygen atoms in total. The summed E-state index contributed by atoms with van der Waals surface area (Å²) in [5, 5.41) is 6.14. The Morgan fingerprint density at radius 1 is 1.23 bits per heavy atom. The highest BCUT2D eigenvalue weighted by Crippen LogP contribution is 2.23. The summed E-state index contributed by atoms with van der Waals surface area (Å²) in [6.07, 6.45) is -0.483. The second-order valence-electron chi connectivity index (χ2n) is 5.54. The first-order valence-corrected chi connectivity index (χ1v) is 7.19. The second kappa shape index (κ2) is 7.89. The van der Waals surface area contributed by atoms with Crippen LogP contribution in [0.1, 0.15) is 31.1 Å². The number of hydrogen-bond donors (Lipinski definition) is 2. The van der Waals surface area contributed by atoms with Gasteiger partial charge < -0.3 is 20.1 Å². The standard InChI is InChI=1S/C15H21ClN2O4/c1-15(2,3)22-14(20)18-8-7-17-12-9-10(13(19)21-4)5-6-11(12)16/h5-6,9,17H,7-8H2,1-4H3,(H,18,20). The Kier molecular flexibility index (Phi) is 6.49. The van der Waals surface area contributed by atoms with Gasteiger partial charge in [0.15, 0.2) is 0 Å². The van der Waals surface area contributed by atoms with Crippen LogP contribution in [-0.4, -0.2) is 37.9 Å². The molecule has 7 heteroatoms. The first-order valence-electron chi connectivity index (χ1n) is 6.81. The van der Waals surface area contributed by atoms with E-state index in [0.29, 0.717) is 29.4 Å². The van der Waals surface area contributed by atoms with Gasteiger partial charge in [-0.1, -0.05) is 11.6 Å². The lowest BCUT2D eigenvalue weighted by atomic mass is 10.2. The number of carbonyl (C=O) groups excluding carboxylic acids is 2. The molecule has 0 saturated heterocycles. The number of anilines is 1. The molecule has 0 fully saturated rings. The van der Waals surface area contributed by atoms with E-state index in [1.165, 1.54) is 7.11 Å². The highest BCUT2D eigenvalue weighted by Gasteiger charge is 2.15. The number of hydrogen-bond acceptors (Lipinski definition) is 5. The van der Waals surface area contributed by atoms with E-state index in [2.05, 4.69) is 15.4 Å². The van der Waals surface area contributed by atoms with Crippen molar-refractivity contribution in [3.63, 3.8) is 0 Å². The topological polar surface area (TPSA) is 76.7 Å². The highest BCUT2D eigenvalue weighted by atomic mass is 35.5. The molecule has 0 aliphatic rings. The second-order valence-corrected chi connectivity index (χ2v) is 5.95. The van der Waals surface area contributed by atoms with Gasteiger partial charge in [0, 0.05) is 13.1 Å². The monoisotopic (exact) mass is 328 g/mol. The minimum Gasteiger partial charge on any atom is -0.465 e. The van der Waals surface area contributed by atoms with Crippen LogP contribution in [0.3, 0.4) is 0 Å². The number of halogens is 1. The van der Waals surface area contributed by atoms with Gasteiger partial charge in [-0.05, 0) is 39.0 Å². The van der Waals surface area contributed by atoms with E-state index < -0.39 is 17.7 Å². The first kappa shape index (κ1) is 18.1. The van der Waals surface area contributed by atoms with Crippen LogP contribution in [0.15, 0.2) is 18.2 Å². The summed E-state index contributed by atoms with van der Waals surface area (Å²) in [5.74, 6) is -0.438. The lowest BCUT2D eigenvalue weighted by molar-refractivity contribution is 0.0528. The third-order valence-electron chi connectivity index (χ3n) is 2.50. The van der Waals surface area contributed by atoms with Gasteiger partial charge in [-0.2, -0.15) is 0 Å². The molecule has 1 aromatic carbocycles. The smallest absolute Gasteiger partial charge is 0.407 e. The molecule has 0 aromatic heterocycles. The van der Waals surface area contributed by atoms with Crippen LogP contribution in [0.25, 0.3) is 0 Å². The van der Waals surface area contributed by atoms with Gasteiger partial charge in [0.05, 0.1) is 23.4 Å². The van der Waals surface area contributed by atoms with E-state index >= 15 is 0 Å². The van der Waals surface area contributed by atoms with Gasteiger partial charge in [0.25, 0.3) is 0 Å². The molecule has 0 heterocycles. The van der Waals surface area contributed by atoms with Gasteiger partial charge >= 0.3 is 12.1 Å². The Morgan fingerprint density at radius 2 is 1.91 bits per heavy atom. The molecule has 0 aliphatic heterocycles. The maximum absolute atomic E-state index is 11.5. The molecule has 122 valence electrons. The number of esters is 1. The summed E-state index contributed by atoms with van der Waals surface area (Å²) < 4.78 is 9.77. The highest BCUT2D eigenvalue weighted by molar-refractivity contribution is 6.33. The van der Waals surface area contributed by atoms with Crippen molar-refractivity contribution in [2.24, 2.45) is 0 Å². The van der Waals surface area contributed by atoms with Gasteiger partial charge in [-0.3, -0.25) is 0 Å². The van der Waals surface area contributed by atoms with Gasteiger partial charge in [0.2, 0.25) is 0 Å². The third-order valence-corrected chi connectivity index (χ3v) is 2.83. The van der Waals surface area contributed by atoms with Crippen LogP contribution in [0.2, 0.25) is 5.02 Å². The van der Waals surface area contributed by atoms with Crippen molar-refractivity contribution in [2.75, 3.05) is 25.5 Å². The molecule has 0 bridgehead atoms.